The van der Waals surface area contributed by atoms with Crippen LogP contribution in [-0.2, 0) is 4.79 Å². The van der Waals surface area contributed by atoms with Gasteiger partial charge in [-0.15, -0.1) is 0 Å². The monoisotopic (exact) mass is 419 g/mol. The Morgan fingerprint density at radius 2 is 1.86 bits per heavy atom. The maximum atomic E-state index is 12.3. The van der Waals surface area contributed by atoms with Crippen molar-refractivity contribution in [1.82, 2.24) is 0 Å². The highest BCUT2D eigenvalue weighted by molar-refractivity contribution is 6.44. The molecular weight excluding hydrogens is 401 g/mol. The van der Waals surface area contributed by atoms with Gasteiger partial charge in [-0.2, -0.15) is 5.26 Å². The summed E-state index contributed by atoms with van der Waals surface area (Å²) in [5, 5.41) is 15.3. The van der Waals surface area contributed by atoms with Gasteiger partial charge in [-0.3, -0.25) is 4.79 Å². The average molecular weight is 420 g/mol. The lowest BCUT2D eigenvalue weighted by Crippen LogP contribution is -2.15. The number of anilines is 2. The number of nitrogens with zero attached hydrogens (tertiary/aromatic N) is 1. The summed E-state index contributed by atoms with van der Waals surface area (Å²) >= 11 is 12.0. The Kier molecular flexibility index (Phi) is 8.00. The van der Waals surface area contributed by atoms with Gasteiger partial charge in [0.05, 0.1) is 28.9 Å². The minimum atomic E-state index is -0.616. The second-order valence-electron chi connectivity index (χ2n) is 5.40. The molecule has 146 valence electrons. The van der Waals surface area contributed by atoms with Crippen molar-refractivity contribution in [2.24, 2.45) is 0 Å². The second kappa shape index (κ2) is 10.5. The Bertz CT molecular complexity index is 923. The van der Waals surface area contributed by atoms with Crippen molar-refractivity contribution in [3.8, 4) is 17.6 Å². The van der Waals surface area contributed by atoms with E-state index in [-0.39, 0.29) is 10.6 Å². The molecule has 2 aromatic carbocycles. The average Bonchev–Trinajstić information content (AvgIpc) is 2.68. The molecular formula is C20H19Cl2N3O3. The molecule has 8 heteroatoms. The summed E-state index contributed by atoms with van der Waals surface area (Å²) in [5.74, 6) is 0.569. The number of nitrogens with one attached hydrogen (secondary N) is 2. The minimum absolute atomic E-state index is 0.136. The lowest BCUT2D eigenvalue weighted by atomic mass is 10.2. The molecule has 0 fully saturated rings. The van der Waals surface area contributed by atoms with Crippen LogP contribution < -0.4 is 20.1 Å². The number of hydrogen-bond acceptors (Lipinski definition) is 5. The predicted octanol–water partition coefficient (Wildman–Crippen LogP) is 5.25. The summed E-state index contributed by atoms with van der Waals surface area (Å²) in [7, 11) is 0. The molecule has 0 heterocycles. The summed E-state index contributed by atoms with van der Waals surface area (Å²) in [6.45, 7) is 4.74. The van der Waals surface area contributed by atoms with E-state index in [9.17, 15) is 10.1 Å². The van der Waals surface area contributed by atoms with Crippen molar-refractivity contribution < 1.29 is 14.3 Å². The first-order chi connectivity index (χ1) is 13.5. The Hall–Kier alpha value is -2.88. The zero-order valence-electron chi connectivity index (χ0n) is 15.4. The summed E-state index contributed by atoms with van der Waals surface area (Å²) in [4.78, 5) is 12.3. The van der Waals surface area contributed by atoms with Crippen LogP contribution in [0, 0.1) is 11.3 Å². The standard InChI is InChI=1S/C20H19Cl2N3O3/c1-3-27-17-9-8-14(10-18(17)28-4-2)24-12-13(11-23)20(26)25-16-7-5-6-15(21)19(16)22/h5-10,12,24H,3-4H2,1-2H3,(H,25,26)/b13-12-. The molecule has 0 saturated carbocycles. The smallest absolute Gasteiger partial charge is 0.267 e. The van der Waals surface area contributed by atoms with Gasteiger partial charge >= 0.3 is 0 Å². The van der Waals surface area contributed by atoms with Gasteiger partial charge in [0.25, 0.3) is 5.91 Å². The molecule has 0 aromatic heterocycles. The van der Waals surface area contributed by atoms with Crippen LogP contribution >= 0.6 is 23.2 Å². The van der Waals surface area contributed by atoms with E-state index < -0.39 is 5.91 Å². The number of halogens is 2. The van der Waals surface area contributed by atoms with Gasteiger partial charge in [-0.1, -0.05) is 29.3 Å². The van der Waals surface area contributed by atoms with Crippen LogP contribution in [-0.4, -0.2) is 19.1 Å². The number of amides is 1. The highest BCUT2D eigenvalue weighted by Crippen LogP contribution is 2.31. The Morgan fingerprint density at radius 1 is 1.14 bits per heavy atom. The van der Waals surface area contributed by atoms with Crippen LogP contribution in [0.4, 0.5) is 11.4 Å². The molecule has 6 nitrogen and oxygen atoms in total. The zero-order valence-corrected chi connectivity index (χ0v) is 16.9. The van der Waals surface area contributed by atoms with Crippen LogP contribution in [0.5, 0.6) is 11.5 Å². The van der Waals surface area contributed by atoms with Crippen molar-refractivity contribution in [2.75, 3.05) is 23.8 Å². The predicted molar refractivity (Wildman–Crippen MR) is 111 cm³/mol. The number of benzene rings is 2. The Balaban J connectivity index is 2.16. The Morgan fingerprint density at radius 3 is 2.54 bits per heavy atom. The normalized spacial score (nSPS) is 10.8. The van der Waals surface area contributed by atoms with Crippen molar-refractivity contribution >= 4 is 40.5 Å². The Labute approximate surface area is 173 Å². The van der Waals surface area contributed by atoms with E-state index in [0.29, 0.717) is 41.1 Å². The molecule has 0 unspecified atom stereocenters. The number of carbonyl (C=O) groups is 1. The first-order valence-electron chi connectivity index (χ1n) is 8.51. The number of carbonyl (C=O) groups excluding carboxylic acids is 1. The fraction of sp³-hybridized carbons (Fsp3) is 0.200. The topological polar surface area (TPSA) is 83.4 Å². The van der Waals surface area contributed by atoms with Crippen molar-refractivity contribution in [2.45, 2.75) is 13.8 Å². The zero-order chi connectivity index (χ0) is 20.5. The van der Waals surface area contributed by atoms with Gasteiger partial charge < -0.3 is 20.1 Å². The summed E-state index contributed by atoms with van der Waals surface area (Å²) in [6, 6.07) is 11.9. The largest absolute Gasteiger partial charge is 0.490 e. The van der Waals surface area contributed by atoms with Crippen LogP contribution in [0.2, 0.25) is 10.0 Å². The summed E-state index contributed by atoms with van der Waals surface area (Å²) < 4.78 is 11.1. The summed E-state index contributed by atoms with van der Waals surface area (Å²) in [6.07, 6.45) is 1.30. The van der Waals surface area contributed by atoms with E-state index in [2.05, 4.69) is 10.6 Å². The molecule has 0 radical (unpaired) electrons. The van der Waals surface area contributed by atoms with Gasteiger partial charge in [-0.05, 0) is 38.1 Å². The minimum Gasteiger partial charge on any atom is -0.490 e. The van der Waals surface area contributed by atoms with Gasteiger partial charge in [0.1, 0.15) is 11.6 Å². The van der Waals surface area contributed by atoms with Crippen molar-refractivity contribution in [3.63, 3.8) is 0 Å². The number of ether oxygens (including phenoxy) is 2. The van der Waals surface area contributed by atoms with Crippen LogP contribution in [0.15, 0.2) is 48.2 Å². The van der Waals surface area contributed by atoms with Crippen molar-refractivity contribution in [1.29, 1.82) is 5.26 Å². The van der Waals surface area contributed by atoms with E-state index >= 15 is 0 Å². The fourth-order valence-electron chi connectivity index (χ4n) is 2.23. The van der Waals surface area contributed by atoms with E-state index in [1.165, 1.54) is 6.20 Å². The van der Waals surface area contributed by atoms with E-state index in [0.717, 1.165) is 0 Å². The molecule has 0 aliphatic carbocycles. The third-order valence-corrected chi connectivity index (χ3v) is 4.31. The molecule has 0 bridgehead atoms. The number of nitriles is 1. The lowest BCUT2D eigenvalue weighted by Gasteiger charge is -2.12. The molecule has 0 saturated heterocycles. The van der Waals surface area contributed by atoms with Gasteiger partial charge in [-0.25, -0.2) is 0 Å². The molecule has 2 aromatic rings. The number of rotatable bonds is 8. The highest BCUT2D eigenvalue weighted by Gasteiger charge is 2.13. The summed E-state index contributed by atoms with van der Waals surface area (Å²) in [5.41, 5.74) is 0.816. The van der Waals surface area contributed by atoms with E-state index in [1.54, 1.807) is 36.4 Å². The van der Waals surface area contributed by atoms with Crippen LogP contribution in [0.25, 0.3) is 0 Å². The second-order valence-corrected chi connectivity index (χ2v) is 6.18. The van der Waals surface area contributed by atoms with Crippen LogP contribution in [0.3, 0.4) is 0 Å². The first-order valence-corrected chi connectivity index (χ1v) is 9.27. The molecule has 2 rings (SSSR count). The lowest BCUT2D eigenvalue weighted by molar-refractivity contribution is -0.112. The van der Waals surface area contributed by atoms with E-state index in [4.69, 9.17) is 32.7 Å². The molecule has 1 amide bonds. The molecule has 0 atom stereocenters. The molecule has 0 aliphatic heterocycles. The first kappa shape index (κ1) is 21.4. The third-order valence-electron chi connectivity index (χ3n) is 3.49. The molecule has 2 N–H and O–H groups in total. The molecule has 0 spiro atoms. The van der Waals surface area contributed by atoms with Gasteiger partial charge in [0, 0.05) is 18.0 Å². The van der Waals surface area contributed by atoms with E-state index in [1.807, 2.05) is 19.9 Å². The maximum absolute atomic E-state index is 12.3. The fourth-order valence-corrected chi connectivity index (χ4v) is 2.58. The number of hydrogen-bond donors (Lipinski definition) is 2. The molecule has 0 aliphatic rings. The van der Waals surface area contributed by atoms with Gasteiger partial charge in [0.15, 0.2) is 11.5 Å². The van der Waals surface area contributed by atoms with Crippen molar-refractivity contribution in [3.05, 3.63) is 58.2 Å². The van der Waals surface area contributed by atoms with Crippen LogP contribution in [0.1, 0.15) is 13.8 Å². The SMILES string of the molecule is CCOc1ccc(N/C=C(/C#N)C(=O)Nc2cccc(Cl)c2Cl)cc1OCC. The maximum Gasteiger partial charge on any atom is 0.267 e. The quantitative estimate of drug-likeness (QED) is 0.450. The highest BCUT2D eigenvalue weighted by atomic mass is 35.5. The molecule has 28 heavy (non-hydrogen) atoms. The third kappa shape index (κ3) is 5.56. The van der Waals surface area contributed by atoms with Gasteiger partial charge in [0.2, 0.25) is 0 Å².